The lowest BCUT2D eigenvalue weighted by atomic mass is 10.3. The molecule has 0 fully saturated rings. The maximum absolute atomic E-state index is 11.4. The van der Waals surface area contributed by atoms with E-state index >= 15 is 0 Å². The van der Waals surface area contributed by atoms with Crippen molar-refractivity contribution in [1.82, 2.24) is 4.90 Å². The van der Waals surface area contributed by atoms with Gasteiger partial charge in [-0.05, 0) is 13.3 Å². The second-order valence-corrected chi connectivity index (χ2v) is 2.96. The van der Waals surface area contributed by atoms with Crippen LogP contribution in [0.2, 0.25) is 0 Å². The number of amides is 1. The number of ether oxygens (including phenoxy) is 1. The van der Waals surface area contributed by atoms with Gasteiger partial charge in [-0.15, -0.1) is 0 Å². The van der Waals surface area contributed by atoms with Gasteiger partial charge in [0.05, 0.1) is 12.7 Å². The third kappa shape index (κ3) is 5.68. The molecule has 0 aromatic heterocycles. The Bertz CT molecular complexity index is 258. The van der Waals surface area contributed by atoms with Crippen LogP contribution >= 0.6 is 0 Å². The average Bonchev–Trinajstić information content (AvgIpc) is 2.18. The van der Waals surface area contributed by atoms with Crippen LogP contribution in [-0.4, -0.2) is 36.5 Å². The summed E-state index contributed by atoms with van der Waals surface area (Å²) in [5.41, 5.74) is 0. The monoisotopic (exact) mass is 212 g/mol. The predicted octanol–water partition coefficient (Wildman–Crippen LogP) is 0.702. The first-order valence-electron chi connectivity index (χ1n) is 4.96. The standard InChI is InChI=1S/C10H16N2O3/c1-3-7-12(9(13)5-6-11)8-10(14)15-4-2/h3-5,7-8H2,1-2H3. The van der Waals surface area contributed by atoms with E-state index in [9.17, 15) is 9.59 Å². The largest absolute Gasteiger partial charge is 0.465 e. The molecule has 0 saturated carbocycles. The molecule has 0 spiro atoms. The normalized spacial score (nSPS) is 9.13. The topological polar surface area (TPSA) is 70.4 Å². The van der Waals surface area contributed by atoms with Crippen molar-refractivity contribution in [3.05, 3.63) is 0 Å². The highest BCUT2D eigenvalue weighted by molar-refractivity contribution is 5.83. The third-order valence-corrected chi connectivity index (χ3v) is 1.70. The van der Waals surface area contributed by atoms with Gasteiger partial charge in [0, 0.05) is 6.54 Å². The summed E-state index contributed by atoms with van der Waals surface area (Å²) >= 11 is 0. The Morgan fingerprint density at radius 2 is 2.07 bits per heavy atom. The lowest BCUT2D eigenvalue weighted by Gasteiger charge is -2.19. The molecule has 15 heavy (non-hydrogen) atoms. The molecule has 0 rings (SSSR count). The summed E-state index contributed by atoms with van der Waals surface area (Å²) in [4.78, 5) is 23.9. The molecule has 0 heterocycles. The molecule has 0 aromatic carbocycles. The average molecular weight is 212 g/mol. The molecule has 0 aliphatic carbocycles. The van der Waals surface area contributed by atoms with E-state index < -0.39 is 5.97 Å². The molecule has 0 N–H and O–H groups in total. The Morgan fingerprint density at radius 1 is 1.40 bits per heavy atom. The summed E-state index contributed by atoms with van der Waals surface area (Å²) < 4.78 is 4.73. The zero-order chi connectivity index (χ0) is 11.7. The van der Waals surface area contributed by atoms with Crippen LogP contribution in [0.3, 0.4) is 0 Å². The van der Waals surface area contributed by atoms with Crippen LogP contribution in [0.15, 0.2) is 0 Å². The number of hydrogen-bond donors (Lipinski definition) is 0. The van der Waals surface area contributed by atoms with E-state index in [-0.39, 0.29) is 18.9 Å². The van der Waals surface area contributed by atoms with E-state index in [1.165, 1.54) is 4.90 Å². The molecule has 5 nitrogen and oxygen atoms in total. The van der Waals surface area contributed by atoms with Gasteiger partial charge < -0.3 is 9.64 Å². The van der Waals surface area contributed by atoms with Gasteiger partial charge in [0.1, 0.15) is 13.0 Å². The van der Waals surface area contributed by atoms with Crippen LogP contribution in [-0.2, 0) is 14.3 Å². The molecule has 0 unspecified atom stereocenters. The van der Waals surface area contributed by atoms with Crippen LogP contribution < -0.4 is 0 Å². The first-order chi connectivity index (χ1) is 7.15. The Hall–Kier alpha value is -1.57. The first kappa shape index (κ1) is 13.4. The summed E-state index contributed by atoms with van der Waals surface area (Å²) in [6, 6.07) is 1.77. The molecule has 84 valence electrons. The fourth-order valence-corrected chi connectivity index (χ4v) is 1.10. The SMILES string of the molecule is CCCN(CC(=O)OCC)C(=O)CC#N. The number of carbonyl (C=O) groups is 2. The van der Waals surface area contributed by atoms with Gasteiger partial charge in [-0.3, -0.25) is 9.59 Å². The highest BCUT2D eigenvalue weighted by Crippen LogP contribution is 1.97. The molecule has 0 aliphatic heterocycles. The van der Waals surface area contributed by atoms with E-state index in [1.54, 1.807) is 13.0 Å². The zero-order valence-electron chi connectivity index (χ0n) is 9.15. The number of hydrogen-bond acceptors (Lipinski definition) is 4. The molecule has 0 bridgehead atoms. The Kier molecular flexibility index (Phi) is 6.98. The summed E-state index contributed by atoms with van der Waals surface area (Å²) in [6.45, 7) is 4.31. The van der Waals surface area contributed by atoms with E-state index in [0.29, 0.717) is 13.2 Å². The van der Waals surface area contributed by atoms with Crippen LogP contribution in [0, 0.1) is 11.3 Å². The van der Waals surface area contributed by atoms with Crippen molar-refractivity contribution in [2.75, 3.05) is 19.7 Å². The molecule has 0 radical (unpaired) electrons. The lowest BCUT2D eigenvalue weighted by molar-refractivity contribution is -0.148. The minimum absolute atomic E-state index is 0.0673. The van der Waals surface area contributed by atoms with Crippen molar-refractivity contribution >= 4 is 11.9 Å². The number of carbonyl (C=O) groups excluding carboxylic acids is 2. The highest BCUT2D eigenvalue weighted by Gasteiger charge is 2.16. The maximum atomic E-state index is 11.4. The molecule has 0 atom stereocenters. The van der Waals surface area contributed by atoms with Crippen LogP contribution in [0.1, 0.15) is 26.7 Å². The van der Waals surface area contributed by atoms with E-state index in [2.05, 4.69) is 0 Å². The summed E-state index contributed by atoms with van der Waals surface area (Å²) in [7, 11) is 0. The molecule has 0 aliphatic rings. The van der Waals surface area contributed by atoms with Gasteiger partial charge in [0.2, 0.25) is 5.91 Å². The van der Waals surface area contributed by atoms with Gasteiger partial charge in [-0.25, -0.2) is 0 Å². The molecule has 1 amide bonds. The summed E-state index contributed by atoms with van der Waals surface area (Å²) in [5.74, 6) is -0.760. The number of esters is 1. The molecule has 0 saturated heterocycles. The quantitative estimate of drug-likeness (QED) is 0.608. The van der Waals surface area contributed by atoms with Crippen LogP contribution in [0.5, 0.6) is 0 Å². The smallest absolute Gasteiger partial charge is 0.325 e. The second kappa shape index (κ2) is 7.80. The number of nitrogens with zero attached hydrogens (tertiary/aromatic N) is 2. The molecule has 0 aromatic rings. The molecule has 5 heteroatoms. The van der Waals surface area contributed by atoms with E-state index in [4.69, 9.17) is 10.00 Å². The fourth-order valence-electron chi connectivity index (χ4n) is 1.10. The minimum Gasteiger partial charge on any atom is -0.465 e. The predicted molar refractivity (Wildman–Crippen MR) is 53.7 cm³/mol. The Balaban J connectivity index is 4.21. The first-order valence-corrected chi connectivity index (χ1v) is 4.96. The van der Waals surface area contributed by atoms with Gasteiger partial charge in [0.15, 0.2) is 0 Å². The van der Waals surface area contributed by atoms with Crippen molar-refractivity contribution in [2.24, 2.45) is 0 Å². The third-order valence-electron chi connectivity index (χ3n) is 1.70. The number of rotatable bonds is 6. The van der Waals surface area contributed by atoms with Crippen molar-refractivity contribution < 1.29 is 14.3 Å². The maximum Gasteiger partial charge on any atom is 0.325 e. The van der Waals surface area contributed by atoms with E-state index in [0.717, 1.165) is 6.42 Å². The summed E-state index contributed by atoms with van der Waals surface area (Å²) in [5, 5.41) is 8.38. The number of nitriles is 1. The Morgan fingerprint density at radius 3 is 2.53 bits per heavy atom. The van der Waals surface area contributed by atoms with E-state index in [1.807, 2.05) is 6.92 Å². The van der Waals surface area contributed by atoms with Crippen molar-refractivity contribution in [1.29, 1.82) is 5.26 Å². The van der Waals surface area contributed by atoms with Crippen molar-refractivity contribution in [2.45, 2.75) is 26.7 Å². The van der Waals surface area contributed by atoms with Gasteiger partial charge >= 0.3 is 5.97 Å². The molecular weight excluding hydrogens is 196 g/mol. The fraction of sp³-hybridized carbons (Fsp3) is 0.700. The molecular formula is C10H16N2O3. The second-order valence-electron chi connectivity index (χ2n) is 2.96. The highest BCUT2D eigenvalue weighted by atomic mass is 16.5. The zero-order valence-corrected chi connectivity index (χ0v) is 9.15. The lowest BCUT2D eigenvalue weighted by Crippen LogP contribution is -2.36. The van der Waals surface area contributed by atoms with Gasteiger partial charge in [-0.2, -0.15) is 5.26 Å². The van der Waals surface area contributed by atoms with Gasteiger partial charge in [0.25, 0.3) is 0 Å². The van der Waals surface area contributed by atoms with Crippen molar-refractivity contribution in [3.63, 3.8) is 0 Å². The van der Waals surface area contributed by atoms with Gasteiger partial charge in [-0.1, -0.05) is 6.92 Å². The minimum atomic E-state index is -0.433. The Labute approximate surface area is 89.6 Å². The van der Waals surface area contributed by atoms with Crippen molar-refractivity contribution in [3.8, 4) is 6.07 Å². The van der Waals surface area contributed by atoms with Crippen LogP contribution in [0.4, 0.5) is 0 Å². The van der Waals surface area contributed by atoms with Crippen LogP contribution in [0.25, 0.3) is 0 Å². The summed E-state index contributed by atoms with van der Waals surface area (Å²) in [6.07, 6.45) is 0.552.